The molecule has 1 aromatic rings. The number of nitrogens with one attached hydrogen (secondary N) is 1. The van der Waals surface area contributed by atoms with Crippen LogP contribution in [-0.4, -0.2) is 56.1 Å². The fraction of sp³-hybridized carbons (Fsp3) is 0.409. The topological polar surface area (TPSA) is 196 Å². The third-order valence-corrected chi connectivity index (χ3v) is 7.25. The highest BCUT2D eigenvalue weighted by atomic mass is 16.3. The molecule has 5 rings (SSSR count). The van der Waals surface area contributed by atoms with Gasteiger partial charge in [-0.25, -0.2) is 0 Å². The number of nitrogens with two attached hydrogens (primary N) is 2. The zero-order chi connectivity index (χ0) is 23.1. The third kappa shape index (κ3) is 2.39. The minimum absolute atomic E-state index is 0.000177. The number of carbonyl (C=O) groups excluding carboxylic acids is 3. The molecule has 10 nitrogen and oxygen atoms in total. The lowest BCUT2D eigenvalue weighted by Crippen LogP contribution is -2.63. The fourth-order valence-electron chi connectivity index (χ4n) is 5.72. The van der Waals surface area contributed by atoms with Gasteiger partial charge in [-0.05, 0) is 42.7 Å². The molecule has 0 aromatic heterocycles. The summed E-state index contributed by atoms with van der Waals surface area (Å²) in [6, 6.07) is 0.513. The van der Waals surface area contributed by atoms with Gasteiger partial charge in [0.2, 0.25) is 5.78 Å². The van der Waals surface area contributed by atoms with Crippen LogP contribution in [-0.2, 0) is 22.4 Å². The molecule has 0 bridgehead atoms. The minimum atomic E-state index is -2.68. The van der Waals surface area contributed by atoms with Gasteiger partial charge in [0.1, 0.15) is 22.8 Å². The number of hydrogen-bond acceptors (Lipinski definition) is 9. The number of hydrogen-bond donors (Lipinski definition) is 7. The van der Waals surface area contributed by atoms with Crippen LogP contribution < -0.4 is 16.8 Å². The number of carbonyl (C=O) groups is 3. The van der Waals surface area contributed by atoms with Gasteiger partial charge in [-0.2, -0.15) is 0 Å². The Morgan fingerprint density at radius 1 is 1.19 bits per heavy atom. The number of benzene rings is 1. The molecule has 3 aliphatic carbocycles. The van der Waals surface area contributed by atoms with Crippen LogP contribution in [0.1, 0.15) is 34.3 Å². The van der Waals surface area contributed by atoms with Crippen LogP contribution in [0.4, 0.5) is 5.69 Å². The van der Waals surface area contributed by atoms with Crippen LogP contribution in [0, 0.1) is 11.8 Å². The first-order chi connectivity index (χ1) is 15.1. The third-order valence-electron chi connectivity index (χ3n) is 7.25. The van der Waals surface area contributed by atoms with Crippen LogP contribution in [0.5, 0.6) is 5.75 Å². The van der Waals surface area contributed by atoms with Gasteiger partial charge in [-0.1, -0.05) is 6.07 Å². The van der Waals surface area contributed by atoms with Gasteiger partial charge in [-0.15, -0.1) is 0 Å². The zero-order valence-electron chi connectivity index (χ0n) is 17.0. The number of aliphatic hydroxyl groups is 3. The molecule has 32 heavy (non-hydrogen) atoms. The van der Waals surface area contributed by atoms with Crippen LogP contribution in [0.25, 0.3) is 0 Å². The molecule has 4 aliphatic rings. The van der Waals surface area contributed by atoms with E-state index >= 15 is 0 Å². The zero-order valence-corrected chi connectivity index (χ0v) is 17.0. The Balaban J connectivity index is 1.70. The largest absolute Gasteiger partial charge is 0.510 e. The number of aromatic hydroxyl groups is 1. The first-order valence-corrected chi connectivity index (χ1v) is 10.4. The normalized spacial score (nSPS) is 31.4. The lowest BCUT2D eigenvalue weighted by molar-refractivity contribution is -0.145. The second kappa shape index (κ2) is 6.57. The minimum Gasteiger partial charge on any atom is -0.510 e. The van der Waals surface area contributed by atoms with Crippen LogP contribution in [0.2, 0.25) is 0 Å². The van der Waals surface area contributed by atoms with E-state index in [1.54, 1.807) is 0 Å². The van der Waals surface area contributed by atoms with E-state index in [1.807, 2.05) is 6.07 Å². The first-order valence-electron chi connectivity index (χ1n) is 10.4. The van der Waals surface area contributed by atoms with E-state index in [4.69, 9.17) is 11.5 Å². The lowest BCUT2D eigenvalue weighted by atomic mass is 9.59. The van der Waals surface area contributed by atoms with Crippen molar-refractivity contribution in [3.8, 4) is 5.75 Å². The van der Waals surface area contributed by atoms with E-state index in [9.17, 15) is 34.8 Å². The van der Waals surface area contributed by atoms with Gasteiger partial charge in [-0.3, -0.25) is 14.4 Å². The van der Waals surface area contributed by atoms with Crippen molar-refractivity contribution in [2.24, 2.45) is 23.3 Å². The molecule has 10 heteroatoms. The smallest absolute Gasteiger partial charge is 0.255 e. The van der Waals surface area contributed by atoms with Crippen LogP contribution in [0.3, 0.4) is 0 Å². The molecule has 1 aromatic carbocycles. The van der Waals surface area contributed by atoms with E-state index in [1.165, 1.54) is 0 Å². The lowest BCUT2D eigenvalue weighted by Gasteiger charge is -2.47. The summed E-state index contributed by atoms with van der Waals surface area (Å²) in [7, 11) is 0. The Labute approximate surface area is 182 Å². The second-order valence-electron chi connectivity index (χ2n) is 8.90. The molecule has 0 saturated heterocycles. The van der Waals surface area contributed by atoms with Gasteiger partial charge in [0, 0.05) is 18.0 Å². The molecule has 0 saturated carbocycles. The van der Waals surface area contributed by atoms with E-state index in [-0.39, 0.29) is 29.7 Å². The van der Waals surface area contributed by atoms with Gasteiger partial charge in [0.15, 0.2) is 11.4 Å². The van der Waals surface area contributed by atoms with Crippen molar-refractivity contribution in [2.45, 2.75) is 37.3 Å². The number of amides is 1. The number of fused-ring (bicyclic) bond motifs is 4. The van der Waals surface area contributed by atoms with E-state index in [0.717, 1.165) is 18.4 Å². The Bertz CT molecular complexity index is 1180. The SMILES string of the molecule is NC(=O)C1=C(O)[C@@H](N)[C@@H]2C[C@@H]3Cc4cc5c(c(O)c4C(=O)C3=C(O)[C@]2(O)C1=O)NCCC5. The summed E-state index contributed by atoms with van der Waals surface area (Å²) >= 11 is 0. The van der Waals surface area contributed by atoms with E-state index < -0.39 is 58.0 Å². The summed E-state index contributed by atoms with van der Waals surface area (Å²) in [4.78, 5) is 38.2. The average Bonchev–Trinajstić information content (AvgIpc) is 2.74. The summed E-state index contributed by atoms with van der Waals surface area (Å²) in [6.07, 6.45) is 1.89. The predicted octanol–water partition coefficient (Wildman–Crippen LogP) is -0.124. The highest BCUT2D eigenvalue weighted by Gasteiger charge is 2.62. The first kappa shape index (κ1) is 20.5. The highest BCUT2D eigenvalue weighted by molar-refractivity contribution is 6.24. The molecule has 4 atom stereocenters. The highest BCUT2D eigenvalue weighted by Crippen LogP contribution is 2.52. The van der Waals surface area contributed by atoms with Crippen molar-refractivity contribution in [3.63, 3.8) is 0 Å². The van der Waals surface area contributed by atoms with Gasteiger partial charge in [0.05, 0.1) is 17.3 Å². The number of rotatable bonds is 1. The molecule has 168 valence electrons. The van der Waals surface area contributed by atoms with Crippen LogP contribution in [0.15, 0.2) is 28.7 Å². The standard InChI is InChI=1S/C22H23N3O7/c23-14-10-6-9-5-8-4-7-2-1-3-25-15(7)18(28)11(8)16(26)12(9)19(29)22(10,32)20(30)13(17(14)27)21(24)31/h4,9-10,14,25,27-29,32H,1-3,5-6,23H2,(H2,24,31)/t9-,10-,14-,22-/m0/s1. The molecule has 0 fully saturated rings. The fourth-order valence-corrected chi connectivity index (χ4v) is 5.72. The molecule has 0 unspecified atom stereocenters. The number of phenolic OH excluding ortho intramolecular Hbond substituents is 1. The van der Waals surface area contributed by atoms with Gasteiger partial charge < -0.3 is 37.2 Å². The second-order valence-corrected chi connectivity index (χ2v) is 8.90. The molecule has 0 spiro atoms. The molecule has 0 radical (unpaired) electrons. The average molecular weight is 441 g/mol. The van der Waals surface area contributed by atoms with Crippen molar-refractivity contribution in [1.82, 2.24) is 0 Å². The summed E-state index contributed by atoms with van der Waals surface area (Å²) in [5.74, 6) is -6.95. The van der Waals surface area contributed by atoms with Crippen molar-refractivity contribution >= 4 is 23.2 Å². The summed E-state index contributed by atoms with van der Waals surface area (Å²) in [5, 5.41) is 46.5. The molecular weight excluding hydrogens is 418 g/mol. The molecule has 1 aliphatic heterocycles. The number of aryl methyl sites for hydroxylation is 1. The Morgan fingerprint density at radius 3 is 2.59 bits per heavy atom. The van der Waals surface area contributed by atoms with Crippen molar-refractivity contribution < 1.29 is 34.8 Å². The number of primary amides is 1. The number of allylic oxidation sites excluding steroid dienone is 1. The molecule has 1 heterocycles. The number of phenols is 1. The molecule has 9 N–H and O–H groups in total. The Hall–Kier alpha value is -3.37. The van der Waals surface area contributed by atoms with Crippen molar-refractivity contribution in [1.29, 1.82) is 0 Å². The van der Waals surface area contributed by atoms with Crippen LogP contribution >= 0.6 is 0 Å². The Morgan fingerprint density at radius 2 is 1.91 bits per heavy atom. The maximum Gasteiger partial charge on any atom is 0.255 e. The predicted molar refractivity (Wildman–Crippen MR) is 111 cm³/mol. The number of ketones is 2. The summed E-state index contributed by atoms with van der Waals surface area (Å²) in [5.41, 5.74) is 9.43. The quantitative estimate of drug-likeness (QED) is 0.229. The maximum atomic E-state index is 13.4. The number of anilines is 1. The van der Waals surface area contributed by atoms with E-state index in [0.29, 0.717) is 17.8 Å². The van der Waals surface area contributed by atoms with E-state index in [2.05, 4.69) is 5.32 Å². The van der Waals surface area contributed by atoms with Gasteiger partial charge in [0.25, 0.3) is 5.91 Å². The summed E-state index contributed by atoms with van der Waals surface area (Å²) in [6.45, 7) is 0.643. The van der Waals surface area contributed by atoms with Crippen molar-refractivity contribution in [2.75, 3.05) is 11.9 Å². The van der Waals surface area contributed by atoms with Crippen molar-refractivity contribution in [3.05, 3.63) is 45.4 Å². The molecule has 1 amide bonds. The number of Topliss-reactive ketones (excluding diaryl/α,β-unsaturated/α-hetero) is 2. The maximum absolute atomic E-state index is 13.4. The summed E-state index contributed by atoms with van der Waals surface area (Å²) < 4.78 is 0. The monoisotopic (exact) mass is 441 g/mol. The number of aliphatic hydroxyl groups excluding tert-OH is 2. The molecular formula is C22H23N3O7. The Kier molecular flexibility index (Phi) is 4.21. The van der Waals surface area contributed by atoms with Gasteiger partial charge >= 0.3 is 0 Å².